The number of hydrogen-bond acceptors (Lipinski definition) is 6. The first-order valence-corrected chi connectivity index (χ1v) is 6.48. The summed E-state index contributed by atoms with van der Waals surface area (Å²) < 4.78 is 5.17. The zero-order valence-corrected chi connectivity index (χ0v) is 10.8. The van der Waals surface area contributed by atoms with Gasteiger partial charge >= 0.3 is 0 Å². The van der Waals surface area contributed by atoms with Gasteiger partial charge < -0.3 is 14.5 Å². The Hall–Kier alpha value is -1.95. The zero-order valence-electron chi connectivity index (χ0n) is 10.8. The Labute approximate surface area is 111 Å². The molecule has 2 aromatic rings. The molecule has 0 saturated carbocycles. The smallest absolute Gasteiger partial charge is 0.259 e. The Kier molecular flexibility index (Phi) is 3.16. The number of β-amino-alcohol motifs (C(OH)–C–C–N with tert-alkyl or cyclic N) is 1. The van der Waals surface area contributed by atoms with Gasteiger partial charge in [0, 0.05) is 25.7 Å². The molecule has 0 aliphatic carbocycles. The summed E-state index contributed by atoms with van der Waals surface area (Å²) in [5.41, 5.74) is 0.815. The summed E-state index contributed by atoms with van der Waals surface area (Å²) in [6, 6.07) is 3.84. The molecule has 0 bridgehead atoms. The van der Waals surface area contributed by atoms with Gasteiger partial charge in [-0.25, -0.2) is 4.98 Å². The number of hydrogen-bond donors (Lipinski definition) is 1. The third kappa shape index (κ3) is 2.44. The molecular weight excluding hydrogens is 244 g/mol. The molecule has 3 rings (SSSR count). The topological polar surface area (TPSA) is 75.3 Å². The van der Waals surface area contributed by atoms with E-state index in [4.69, 9.17) is 4.52 Å². The van der Waals surface area contributed by atoms with E-state index in [-0.39, 0.29) is 6.10 Å². The van der Waals surface area contributed by atoms with E-state index in [1.165, 1.54) is 0 Å². The second-order valence-corrected chi connectivity index (χ2v) is 4.66. The summed E-state index contributed by atoms with van der Waals surface area (Å²) in [7, 11) is 0. The van der Waals surface area contributed by atoms with Gasteiger partial charge in [0.05, 0.1) is 11.7 Å². The largest absolute Gasteiger partial charge is 0.391 e. The van der Waals surface area contributed by atoms with E-state index in [1.807, 2.05) is 19.1 Å². The van der Waals surface area contributed by atoms with Crippen molar-refractivity contribution in [2.75, 3.05) is 18.0 Å². The lowest BCUT2D eigenvalue weighted by molar-refractivity contribution is 0.198. The van der Waals surface area contributed by atoms with Crippen molar-refractivity contribution in [3.05, 3.63) is 24.2 Å². The number of aryl methyl sites for hydroxylation is 1. The van der Waals surface area contributed by atoms with Crippen LogP contribution in [0.4, 0.5) is 5.82 Å². The predicted molar refractivity (Wildman–Crippen MR) is 69.7 cm³/mol. The predicted octanol–water partition coefficient (Wildman–Crippen LogP) is 1.27. The van der Waals surface area contributed by atoms with Crippen LogP contribution in [-0.4, -0.2) is 39.4 Å². The fraction of sp³-hybridized carbons (Fsp3) is 0.462. The monoisotopic (exact) mass is 260 g/mol. The molecule has 1 atom stereocenters. The highest BCUT2D eigenvalue weighted by Crippen LogP contribution is 2.22. The van der Waals surface area contributed by atoms with Crippen molar-refractivity contribution in [1.82, 2.24) is 15.1 Å². The van der Waals surface area contributed by atoms with Crippen molar-refractivity contribution < 1.29 is 9.63 Å². The van der Waals surface area contributed by atoms with Gasteiger partial charge in [-0.2, -0.15) is 4.98 Å². The fourth-order valence-electron chi connectivity index (χ4n) is 2.16. The summed E-state index contributed by atoms with van der Waals surface area (Å²) >= 11 is 0. The Morgan fingerprint density at radius 3 is 2.95 bits per heavy atom. The van der Waals surface area contributed by atoms with Gasteiger partial charge in [0.25, 0.3) is 5.89 Å². The third-order valence-electron chi connectivity index (χ3n) is 3.27. The Morgan fingerprint density at radius 2 is 2.37 bits per heavy atom. The van der Waals surface area contributed by atoms with Crippen LogP contribution < -0.4 is 4.90 Å². The van der Waals surface area contributed by atoms with Gasteiger partial charge in [0.1, 0.15) is 5.82 Å². The van der Waals surface area contributed by atoms with Gasteiger partial charge in [-0.05, 0) is 18.6 Å². The van der Waals surface area contributed by atoms with Gasteiger partial charge in [-0.3, -0.25) is 0 Å². The number of pyridine rings is 1. The molecule has 19 heavy (non-hydrogen) atoms. The summed E-state index contributed by atoms with van der Waals surface area (Å²) in [5.74, 6) is 2.06. The molecule has 1 saturated heterocycles. The van der Waals surface area contributed by atoms with E-state index in [9.17, 15) is 5.11 Å². The van der Waals surface area contributed by atoms with Crippen LogP contribution in [0.5, 0.6) is 0 Å². The Morgan fingerprint density at radius 1 is 1.47 bits per heavy atom. The lowest BCUT2D eigenvalue weighted by Gasteiger charge is -2.16. The summed E-state index contributed by atoms with van der Waals surface area (Å²) in [4.78, 5) is 10.7. The van der Waals surface area contributed by atoms with Crippen LogP contribution in [-0.2, 0) is 6.42 Å². The van der Waals surface area contributed by atoms with Crippen LogP contribution in [0.2, 0.25) is 0 Å². The molecule has 1 fully saturated rings. The molecule has 0 aromatic carbocycles. The molecule has 1 unspecified atom stereocenters. The second kappa shape index (κ2) is 4.97. The van der Waals surface area contributed by atoms with Crippen molar-refractivity contribution in [2.45, 2.75) is 25.9 Å². The number of aliphatic hydroxyl groups excluding tert-OH is 1. The van der Waals surface area contributed by atoms with Crippen molar-refractivity contribution in [1.29, 1.82) is 0 Å². The summed E-state index contributed by atoms with van der Waals surface area (Å²) in [5, 5.41) is 13.4. The van der Waals surface area contributed by atoms with E-state index in [2.05, 4.69) is 20.0 Å². The average molecular weight is 260 g/mol. The minimum Gasteiger partial charge on any atom is -0.391 e. The van der Waals surface area contributed by atoms with Crippen LogP contribution >= 0.6 is 0 Å². The van der Waals surface area contributed by atoms with E-state index in [1.54, 1.807) is 6.20 Å². The maximum absolute atomic E-state index is 9.52. The summed E-state index contributed by atoms with van der Waals surface area (Å²) in [6.07, 6.45) is 3.03. The molecule has 0 amide bonds. The third-order valence-corrected chi connectivity index (χ3v) is 3.27. The number of nitrogens with zero attached hydrogens (tertiary/aromatic N) is 4. The molecule has 1 aliphatic heterocycles. The molecule has 100 valence electrons. The van der Waals surface area contributed by atoms with Crippen molar-refractivity contribution >= 4 is 5.82 Å². The molecule has 6 nitrogen and oxygen atoms in total. The van der Waals surface area contributed by atoms with Gasteiger partial charge in [-0.1, -0.05) is 12.1 Å². The van der Waals surface area contributed by atoms with Gasteiger partial charge in [0.2, 0.25) is 0 Å². The maximum atomic E-state index is 9.52. The minimum atomic E-state index is -0.246. The SMILES string of the molecule is CCc1noc(-c2ccc(N3CCC(O)C3)nc2)n1. The summed E-state index contributed by atoms with van der Waals surface area (Å²) in [6.45, 7) is 3.47. The molecule has 0 radical (unpaired) electrons. The van der Waals surface area contributed by atoms with E-state index in [0.717, 1.165) is 30.8 Å². The first-order chi connectivity index (χ1) is 9.26. The first kappa shape index (κ1) is 12.1. The van der Waals surface area contributed by atoms with E-state index < -0.39 is 0 Å². The first-order valence-electron chi connectivity index (χ1n) is 6.48. The highest BCUT2D eigenvalue weighted by molar-refractivity contribution is 5.54. The molecule has 2 aromatic heterocycles. The molecule has 1 aliphatic rings. The number of rotatable bonds is 3. The molecular formula is C13H16N4O2. The quantitative estimate of drug-likeness (QED) is 0.895. The fourth-order valence-corrected chi connectivity index (χ4v) is 2.16. The Balaban J connectivity index is 1.78. The maximum Gasteiger partial charge on any atom is 0.259 e. The van der Waals surface area contributed by atoms with Gasteiger partial charge in [0.15, 0.2) is 5.82 Å². The molecule has 3 heterocycles. The normalized spacial score (nSPS) is 19.1. The molecule has 0 spiro atoms. The van der Waals surface area contributed by atoms with Crippen molar-refractivity contribution in [2.24, 2.45) is 0 Å². The van der Waals surface area contributed by atoms with Crippen LogP contribution in [0.3, 0.4) is 0 Å². The van der Waals surface area contributed by atoms with Gasteiger partial charge in [-0.15, -0.1) is 0 Å². The molecule has 1 N–H and O–H groups in total. The number of aromatic nitrogens is 3. The van der Waals surface area contributed by atoms with Crippen LogP contribution in [0.15, 0.2) is 22.9 Å². The highest BCUT2D eigenvalue weighted by atomic mass is 16.5. The lowest BCUT2D eigenvalue weighted by atomic mass is 10.3. The minimum absolute atomic E-state index is 0.246. The number of anilines is 1. The van der Waals surface area contributed by atoms with E-state index >= 15 is 0 Å². The highest BCUT2D eigenvalue weighted by Gasteiger charge is 2.21. The van der Waals surface area contributed by atoms with E-state index in [0.29, 0.717) is 18.3 Å². The van der Waals surface area contributed by atoms with Crippen molar-refractivity contribution in [3.63, 3.8) is 0 Å². The standard InChI is InChI=1S/C13H16N4O2/c1-2-11-15-13(19-16-11)9-3-4-12(14-7-9)17-6-5-10(18)8-17/h3-4,7,10,18H,2,5-6,8H2,1H3. The molecule has 6 heteroatoms. The Bertz CT molecular complexity index is 552. The van der Waals surface area contributed by atoms with Crippen LogP contribution in [0.1, 0.15) is 19.2 Å². The zero-order chi connectivity index (χ0) is 13.2. The van der Waals surface area contributed by atoms with Crippen LogP contribution in [0.25, 0.3) is 11.5 Å². The lowest BCUT2D eigenvalue weighted by Crippen LogP contribution is -2.21. The van der Waals surface area contributed by atoms with Crippen molar-refractivity contribution in [3.8, 4) is 11.5 Å². The second-order valence-electron chi connectivity index (χ2n) is 4.66. The average Bonchev–Trinajstić information content (AvgIpc) is 3.07. The number of aliphatic hydroxyl groups is 1. The van der Waals surface area contributed by atoms with Crippen LogP contribution in [0, 0.1) is 0 Å².